The van der Waals surface area contributed by atoms with Crippen LogP contribution in [0, 0.1) is 37.9 Å². The van der Waals surface area contributed by atoms with Gasteiger partial charge in [0.15, 0.2) is 0 Å². The monoisotopic (exact) mass is 349 g/mol. The SMILES string of the molecule is Cc1cc(C#N)cnc1C(=O)Nc1c(C)nn(-c2cccc(F)c2)c1C. The van der Waals surface area contributed by atoms with Crippen molar-refractivity contribution in [3.63, 3.8) is 0 Å². The lowest BCUT2D eigenvalue weighted by Gasteiger charge is -2.08. The molecule has 2 aromatic heterocycles. The maximum Gasteiger partial charge on any atom is 0.274 e. The van der Waals surface area contributed by atoms with Crippen LogP contribution < -0.4 is 5.32 Å². The summed E-state index contributed by atoms with van der Waals surface area (Å²) in [6, 6.07) is 9.67. The second kappa shape index (κ2) is 6.76. The molecule has 0 aliphatic rings. The number of anilines is 1. The van der Waals surface area contributed by atoms with Crippen LogP contribution in [0.5, 0.6) is 0 Å². The number of aryl methyl sites for hydroxylation is 2. The lowest BCUT2D eigenvalue weighted by Crippen LogP contribution is -2.16. The zero-order valence-corrected chi connectivity index (χ0v) is 14.5. The van der Waals surface area contributed by atoms with Gasteiger partial charge in [-0.25, -0.2) is 14.1 Å². The van der Waals surface area contributed by atoms with Gasteiger partial charge in [-0.1, -0.05) is 6.07 Å². The van der Waals surface area contributed by atoms with E-state index in [0.717, 1.165) is 0 Å². The molecule has 0 unspecified atom stereocenters. The second-order valence-electron chi connectivity index (χ2n) is 5.89. The normalized spacial score (nSPS) is 10.4. The van der Waals surface area contributed by atoms with Gasteiger partial charge in [0.25, 0.3) is 5.91 Å². The van der Waals surface area contributed by atoms with Gasteiger partial charge in [0, 0.05) is 6.20 Å². The summed E-state index contributed by atoms with van der Waals surface area (Å²) in [5.74, 6) is -0.755. The van der Waals surface area contributed by atoms with Gasteiger partial charge < -0.3 is 5.32 Å². The average molecular weight is 349 g/mol. The van der Waals surface area contributed by atoms with Gasteiger partial charge in [0.2, 0.25) is 0 Å². The average Bonchev–Trinajstić information content (AvgIpc) is 2.89. The number of pyridine rings is 1. The van der Waals surface area contributed by atoms with Gasteiger partial charge in [-0.2, -0.15) is 10.4 Å². The van der Waals surface area contributed by atoms with Crippen LogP contribution >= 0.6 is 0 Å². The van der Waals surface area contributed by atoms with Crippen LogP contribution in [0.2, 0.25) is 0 Å². The maximum absolute atomic E-state index is 13.5. The molecule has 7 heteroatoms. The summed E-state index contributed by atoms with van der Waals surface area (Å²) in [7, 11) is 0. The fourth-order valence-electron chi connectivity index (χ4n) is 2.73. The highest BCUT2D eigenvalue weighted by Crippen LogP contribution is 2.24. The smallest absolute Gasteiger partial charge is 0.274 e. The third kappa shape index (κ3) is 3.17. The molecule has 6 nitrogen and oxygen atoms in total. The lowest BCUT2D eigenvalue weighted by atomic mass is 10.1. The Bertz CT molecular complexity index is 1050. The van der Waals surface area contributed by atoms with Crippen molar-refractivity contribution in [3.05, 3.63) is 70.6 Å². The Morgan fingerprint density at radius 2 is 2.04 bits per heavy atom. The standard InChI is InChI=1S/C19H16FN5O/c1-11-7-14(9-21)10-22-17(11)19(26)23-18-12(2)24-25(13(18)3)16-6-4-5-15(20)8-16/h4-8,10H,1-3H3,(H,23,26). The minimum Gasteiger partial charge on any atom is -0.317 e. The van der Waals surface area contributed by atoms with Gasteiger partial charge in [-0.05, 0) is 50.6 Å². The van der Waals surface area contributed by atoms with Gasteiger partial charge in [0.05, 0.1) is 28.3 Å². The van der Waals surface area contributed by atoms with Crippen molar-refractivity contribution in [3.8, 4) is 11.8 Å². The molecule has 0 atom stereocenters. The Morgan fingerprint density at radius 3 is 2.69 bits per heavy atom. The molecule has 26 heavy (non-hydrogen) atoms. The van der Waals surface area contributed by atoms with Crippen LogP contribution in [-0.4, -0.2) is 20.7 Å². The first kappa shape index (κ1) is 17.3. The summed E-state index contributed by atoms with van der Waals surface area (Å²) in [5, 5.41) is 16.1. The zero-order valence-electron chi connectivity index (χ0n) is 14.5. The second-order valence-corrected chi connectivity index (χ2v) is 5.89. The summed E-state index contributed by atoms with van der Waals surface area (Å²) in [4.78, 5) is 16.7. The number of nitrogens with one attached hydrogen (secondary N) is 1. The topological polar surface area (TPSA) is 83.6 Å². The van der Waals surface area contributed by atoms with E-state index in [4.69, 9.17) is 5.26 Å². The highest BCUT2D eigenvalue weighted by atomic mass is 19.1. The molecule has 1 N–H and O–H groups in total. The Labute approximate surface area is 149 Å². The molecule has 0 saturated heterocycles. The third-order valence-corrected chi connectivity index (χ3v) is 4.01. The molecule has 0 saturated carbocycles. The number of aromatic nitrogens is 3. The van der Waals surface area contributed by atoms with Crippen molar-refractivity contribution in [2.24, 2.45) is 0 Å². The minimum absolute atomic E-state index is 0.237. The highest BCUT2D eigenvalue weighted by Gasteiger charge is 2.18. The first-order valence-electron chi connectivity index (χ1n) is 7.91. The van der Waals surface area contributed by atoms with E-state index in [9.17, 15) is 9.18 Å². The number of carbonyl (C=O) groups is 1. The molecular weight excluding hydrogens is 333 g/mol. The number of halogens is 1. The number of rotatable bonds is 3. The number of carbonyl (C=O) groups excluding carboxylic acids is 1. The number of nitrogens with zero attached hydrogens (tertiary/aromatic N) is 4. The Kier molecular flexibility index (Phi) is 4.50. The molecule has 1 aromatic carbocycles. The van der Waals surface area contributed by atoms with Crippen LogP contribution in [0.4, 0.5) is 10.1 Å². The van der Waals surface area contributed by atoms with Crippen LogP contribution in [0.3, 0.4) is 0 Å². The minimum atomic E-state index is -0.392. The molecule has 0 aliphatic carbocycles. The van der Waals surface area contributed by atoms with Crippen molar-refractivity contribution >= 4 is 11.6 Å². The van der Waals surface area contributed by atoms with Gasteiger partial charge in [-0.3, -0.25) is 4.79 Å². The molecule has 0 radical (unpaired) electrons. The highest BCUT2D eigenvalue weighted by molar-refractivity contribution is 6.04. The van der Waals surface area contributed by atoms with E-state index in [1.165, 1.54) is 18.3 Å². The number of hydrogen-bond donors (Lipinski definition) is 1. The quantitative estimate of drug-likeness (QED) is 0.785. The van der Waals surface area contributed by atoms with Gasteiger partial charge >= 0.3 is 0 Å². The summed E-state index contributed by atoms with van der Waals surface area (Å²) >= 11 is 0. The molecule has 0 fully saturated rings. The van der Waals surface area contributed by atoms with Gasteiger partial charge in [0.1, 0.15) is 17.6 Å². The van der Waals surface area contributed by atoms with Crippen LogP contribution in [-0.2, 0) is 0 Å². The number of nitriles is 1. The number of amides is 1. The van der Waals surface area contributed by atoms with E-state index in [-0.39, 0.29) is 11.5 Å². The largest absolute Gasteiger partial charge is 0.317 e. The molecule has 0 spiro atoms. The van der Waals surface area contributed by atoms with Crippen molar-refractivity contribution in [1.82, 2.24) is 14.8 Å². The predicted molar refractivity (Wildman–Crippen MR) is 94.6 cm³/mol. The molecule has 0 bridgehead atoms. The first-order chi connectivity index (χ1) is 12.4. The molecule has 0 aliphatic heterocycles. The fourth-order valence-corrected chi connectivity index (χ4v) is 2.73. The molecular formula is C19H16FN5O. The van der Waals surface area contributed by atoms with E-state index >= 15 is 0 Å². The van der Waals surface area contributed by atoms with Gasteiger partial charge in [-0.15, -0.1) is 0 Å². The maximum atomic E-state index is 13.5. The molecule has 2 heterocycles. The van der Waals surface area contributed by atoms with E-state index < -0.39 is 5.91 Å². The molecule has 3 aromatic rings. The number of hydrogen-bond acceptors (Lipinski definition) is 4. The first-order valence-corrected chi connectivity index (χ1v) is 7.91. The summed E-state index contributed by atoms with van der Waals surface area (Å²) in [5.41, 5.74) is 3.63. The van der Waals surface area contributed by atoms with E-state index in [1.54, 1.807) is 43.7 Å². The predicted octanol–water partition coefficient (Wildman–Crippen LogP) is 3.46. The summed E-state index contributed by atoms with van der Waals surface area (Å²) in [6.45, 7) is 5.27. The van der Waals surface area contributed by atoms with Crippen molar-refractivity contribution in [2.45, 2.75) is 20.8 Å². The molecule has 1 amide bonds. The molecule has 3 rings (SSSR count). The van der Waals surface area contributed by atoms with Crippen LogP contribution in [0.1, 0.15) is 33.0 Å². The Morgan fingerprint density at radius 1 is 1.27 bits per heavy atom. The molecule has 130 valence electrons. The fraction of sp³-hybridized carbons (Fsp3) is 0.158. The number of benzene rings is 1. The van der Waals surface area contributed by atoms with Crippen molar-refractivity contribution in [1.29, 1.82) is 5.26 Å². The van der Waals surface area contributed by atoms with Crippen LogP contribution in [0.25, 0.3) is 5.69 Å². The van der Waals surface area contributed by atoms with Crippen molar-refractivity contribution in [2.75, 3.05) is 5.32 Å². The summed E-state index contributed by atoms with van der Waals surface area (Å²) in [6.07, 6.45) is 1.36. The van der Waals surface area contributed by atoms with Crippen LogP contribution in [0.15, 0.2) is 36.5 Å². The summed E-state index contributed by atoms with van der Waals surface area (Å²) < 4.78 is 15.1. The third-order valence-electron chi connectivity index (χ3n) is 4.01. The zero-order chi connectivity index (χ0) is 18.8. The van der Waals surface area contributed by atoms with E-state index in [1.807, 2.05) is 6.07 Å². The Hall–Kier alpha value is -3.53. The van der Waals surface area contributed by atoms with E-state index in [0.29, 0.717) is 33.9 Å². The van der Waals surface area contributed by atoms with E-state index in [2.05, 4.69) is 15.4 Å². The van der Waals surface area contributed by atoms with Crippen molar-refractivity contribution < 1.29 is 9.18 Å². The Balaban J connectivity index is 1.94. The lowest BCUT2D eigenvalue weighted by molar-refractivity contribution is 0.102.